The molecule has 1 heterocycles. The number of rotatable bonds is 5. The van der Waals surface area contributed by atoms with Crippen molar-refractivity contribution in [3.63, 3.8) is 0 Å². The zero-order chi connectivity index (χ0) is 11.4. The monoisotopic (exact) mass is 289 g/mol. The van der Waals surface area contributed by atoms with Crippen molar-refractivity contribution in [2.75, 3.05) is 6.54 Å². The number of hydrogen-bond acceptors (Lipinski definition) is 2. The Bertz CT molecular complexity index is 309. The summed E-state index contributed by atoms with van der Waals surface area (Å²) in [6, 6.07) is 2.77. The van der Waals surface area contributed by atoms with Gasteiger partial charge < -0.3 is 5.32 Å². The average Bonchev–Trinajstić information content (AvgIpc) is 2.53. The van der Waals surface area contributed by atoms with Gasteiger partial charge >= 0.3 is 0 Å². The molecule has 3 heteroatoms. The lowest BCUT2D eigenvalue weighted by atomic mass is 9.93. The summed E-state index contributed by atoms with van der Waals surface area (Å²) in [6.45, 7) is 9.98. The fraction of sp³-hybridized carbons (Fsp3) is 0.667. The van der Waals surface area contributed by atoms with Gasteiger partial charge in [0, 0.05) is 10.9 Å². The quantitative estimate of drug-likeness (QED) is 0.841. The van der Waals surface area contributed by atoms with E-state index in [9.17, 15) is 0 Å². The molecule has 1 rings (SSSR count). The van der Waals surface area contributed by atoms with Crippen molar-refractivity contribution in [1.82, 2.24) is 5.32 Å². The lowest BCUT2D eigenvalue weighted by Gasteiger charge is -2.24. The van der Waals surface area contributed by atoms with Gasteiger partial charge in [0.2, 0.25) is 0 Å². The molecular formula is C12H20BrNS. The Morgan fingerprint density at radius 2 is 2.13 bits per heavy atom. The van der Waals surface area contributed by atoms with Crippen molar-refractivity contribution in [3.05, 3.63) is 20.3 Å². The van der Waals surface area contributed by atoms with Crippen molar-refractivity contribution in [2.24, 2.45) is 5.92 Å². The van der Waals surface area contributed by atoms with Gasteiger partial charge in [0.1, 0.15) is 0 Å². The van der Waals surface area contributed by atoms with E-state index < -0.39 is 0 Å². The van der Waals surface area contributed by atoms with Gasteiger partial charge in [0.05, 0.1) is 3.79 Å². The third-order valence-corrected chi connectivity index (χ3v) is 4.47. The van der Waals surface area contributed by atoms with Gasteiger partial charge in [0.15, 0.2) is 0 Å². The molecular weight excluding hydrogens is 270 g/mol. The van der Waals surface area contributed by atoms with E-state index in [0.717, 1.165) is 6.54 Å². The van der Waals surface area contributed by atoms with E-state index in [1.54, 1.807) is 0 Å². The van der Waals surface area contributed by atoms with Crippen LogP contribution in [0.1, 0.15) is 43.7 Å². The van der Waals surface area contributed by atoms with E-state index in [1.807, 2.05) is 11.3 Å². The lowest BCUT2D eigenvalue weighted by molar-refractivity contribution is 0.383. The minimum Gasteiger partial charge on any atom is -0.310 e. The molecule has 0 fully saturated rings. The lowest BCUT2D eigenvalue weighted by Crippen LogP contribution is -2.26. The van der Waals surface area contributed by atoms with Crippen molar-refractivity contribution in [3.8, 4) is 0 Å². The highest BCUT2D eigenvalue weighted by molar-refractivity contribution is 9.11. The van der Waals surface area contributed by atoms with E-state index in [-0.39, 0.29) is 0 Å². The van der Waals surface area contributed by atoms with Gasteiger partial charge in [-0.25, -0.2) is 0 Å². The fourth-order valence-corrected chi connectivity index (χ4v) is 3.60. The Morgan fingerprint density at radius 3 is 2.53 bits per heavy atom. The Hall–Kier alpha value is 0.140. The Labute approximate surface area is 105 Å². The van der Waals surface area contributed by atoms with Crippen LogP contribution >= 0.6 is 27.3 Å². The van der Waals surface area contributed by atoms with E-state index in [4.69, 9.17) is 0 Å². The predicted octanol–water partition coefficient (Wildman–Crippen LogP) is 4.52. The highest BCUT2D eigenvalue weighted by Gasteiger charge is 2.20. The SMILES string of the molecule is CCNC(c1cc(Br)sc1C)C(C)CC. The first-order chi connectivity index (χ1) is 7.10. The van der Waals surface area contributed by atoms with Gasteiger partial charge in [-0.3, -0.25) is 0 Å². The van der Waals surface area contributed by atoms with Crippen LogP contribution in [0.25, 0.3) is 0 Å². The summed E-state index contributed by atoms with van der Waals surface area (Å²) < 4.78 is 1.24. The largest absolute Gasteiger partial charge is 0.310 e. The van der Waals surface area contributed by atoms with Gasteiger partial charge in [-0.2, -0.15) is 0 Å². The molecule has 0 aliphatic carbocycles. The average molecular weight is 290 g/mol. The smallest absolute Gasteiger partial charge is 0.0704 e. The molecule has 1 nitrogen and oxygen atoms in total. The van der Waals surface area contributed by atoms with E-state index in [0.29, 0.717) is 12.0 Å². The van der Waals surface area contributed by atoms with Crippen LogP contribution in [0.3, 0.4) is 0 Å². The molecule has 0 aliphatic heterocycles. The maximum absolute atomic E-state index is 3.59. The molecule has 2 atom stereocenters. The predicted molar refractivity (Wildman–Crippen MR) is 72.6 cm³/mol. The van der Waals surface area contributed by atoms with Crippen molar-refractivity contribution in [1.29, 1.82) is 0 Å². The maximum Gasteiger partial charge on any atom is 0.0704 e. The number of aryl methyl sites for hydroxylation is 1. The summed E-state index contributed by atoms with van der Waals surface area (Å²) in [5.41, 5.74) is 1.46. The summed E-state index contributed by atoms with van der Waals surface area (Å²) in [7, 11) is 0. The zero-order valence-electron chi connectivity index (χ0n) is 9.93. The van der Waals surface area contributed by atoms with Crippen molar-refractivity contribution >= 4 is 27.3 Å². The first-order valence-electron chi connectivity index (χ1n) is 5.59. The number of nitrogens with one attached hydrogen (secondary N) is 1. The molecule has 86 valence electrons. The third kappa shape index (κ3) is 3.30. The summed E-state index contributed by atoms with van der Waals surface area (Å²) in [6.07, 6.45) is 1.21. The van der Waals surface area contributed by atoms with Crippen LogP contribution in [0.4, 0.5) is 0 Å². The molecule has 15 heavy (non-hydrogen) atoms. The standard InChI is InChI=1S/C12H20BrNS/c1-5-8(3)12(14-6-2)10-7-11(13)15-9(10)4/h7-8,12,14H,5-6H2,1-4H3. The zero-order valence-corrected chi connectivity index (χ0v) is 12.3. The fourth-order valence-electron chi connectivity index (χ4n) is 1.84. The molecule has 0 radical (unpaired) electrons. The molecule has 0 amide bonds. The van der Waals surface area contributed by atoms with Crippen molar-refractivity contribution in [2.45, 2.75) is 40.2 Å². The summed E-state index contributed by atoms with van der Waals surface area (Å²) >= 11 is 5.39. The van der Waals surface area contributed by atoms with Crippen LogP contribution in [0.15, 0.2) is 9.85 Å². The minimum absolute atomic E-state index is 0.502. The Kier molecular flexibility index (Phi) is 5.30. The molecule has 1 aromatic rings. The van der Waals surface area contributed by atoms with Crippen LogP contribution in [-0.2, 0) is 0 Å². The minimum atomic E-state index is 0.502. The normalized spacial score (nSPS) is 15.3. The summed E-state index contributed by atoms with van der Waals surface area (Å²) in [4.78, 5) is 1.42. The van der Waals surface area contributed by atoms with Crippen molar-refractivity contribution < 1.29 is 0 Å². The highest BCUT2D eigenvalue weighted by Crippen LogP contribution is 2.34. The van der Waals surface area contributed by atoms with Gasteiger partial charge in [0.25, 0.3) is 0 Å². The highest BCUT2D eigenvalue weighted by atomic mass is 79.9. The second-order valence-electron chi connectivity index (χ2n) is 3.98. The molecule has 0 spiro atoms. The van der Waals surface area contributed by atoms with Crippen LogP contribution in [0.2, 0.25) is 0 Å². The van der Waals surface area contributed by atoms with E-state index in [1.165, 1.54) is 20.6 Å². The van der Waals surface area contributed by atoms with Gasteiger partial charge in [-0.05, 0) is 46.9 Å². The molecule has 1 N–H and O–H groups in total. The molecule has 0 aromatic carbocycles. The van der Waals surface area contributed by atoms with E-state index >= 15 is 0 Å². The maximum atomic E-state index is 3.59. The Morgan fingerprint density at radius 1 is 1.47 bits per heavy atom. The van der Waals surface area contributed by atoms with Crippen LogP contribution in [0, 0.1) is 12.8 Å². The second-order valence-corrected chi connectivity index (χ2v) is 6.62. The second kappa shape index (κ2) is 6.02. The van der Waals surface area contributed by atoms with Gasteiger partial charge in [-0.1, -0.05) is 27.2 Å². The number of hydrogen-bond donors (Lipinski definition) is 1. The van der Waals surface area contributed by atoms with E-state index in [2.05, 4.69) is 55.0 Å². The molecule has 0 bridgehead atoms. The molecule has 2 unspecified atom stereocenters. The third-order valence-electron chi connectivity index (χ3n) is 2.90. The van der Waals surface area contributed by atoms with Crippen LogP contribution in [0.5, 0.6) is 0 Å². The molecule has 0 saturated carbocycles. The Balaban J connectivity index is 2.92. The number of thiophene rings is 1. The molecule has 0 aliphatic rings. The molecule has 1 aromatic heterocycles. The first kappa shape index (κ1) is 13.2. The topological polar surface area (TPSA) is 12.0 Å². The number of halogens is 1. The van der Waals surface area contributed by atoms with Crippen LogP contribution < -0.4 is 5.32 Å². The van der Waals surface area contributed by atoms with Crippen LogP contribution in [-0.4, -0.2) is 6.54 Å². The summed E-state index contributed by atoms with van der Waals surface area (Å²) in [5, 5.41) is 3.59. The first-order valence-corrected chi connectivity index (χ1v) is 7.20. The molecule has 0 saturated heterocycles. The van der Waals surface area contributed by atoms with Gasteiger partial charge in [-0.15, -0.1) is 11.3 Å². The summed E-state index contributed by atoms with van der Waals surface area (Å²) in [5.74, 6) is 0.685.